The van der Waals surface area contributed by atoms with E-state index in [0.717, 1.165) is 0 Å². The highest BCUT2D eigenvalue weighted by Gasteiger charge is 2.87. The third-order valence-corrected chi connectivity index (χ3v) is 4.61. The van der Waals surface area contributed by atoms with Crippen molar-refractivity contribution in [1.82, 2.24) is 0 Å². The van der Waals surface area contributed by atoms with E-state index in [1.54, 1.807) is 0 Å². The molecule has 0 heterocycles. The van der Waals surface area contributed by atoms with Gasteiger partial charge >= 0.3 is 48.0 Å². The summed E-state index contributed by atoms with van der Waals surface area (Å²) < 4.78 is 167. The van der Waals surface area contributed by atoms with Crippen LogP contribution in [0.5, 0.6) is 0 Å². The van der Waals surface area contributed by atoms with E-state index >= 15 is 0 Å². The lowest BCUT2D eigenvalue weighted by Gasteiger charge is -2.39. The van der Waals surface area contributed by atoms with Crippen molar-refractivity contribution in [1.29, 1.82) is 0 Å². The van der Waals surface area contributed by atoms with E-state index in [4.69, 9.17) is 4.74 Å². The molecular weight excluding hydrogens is 520 g/mol. The molecule has 0 rings (SSSR count). The predicted octanol–water partition coefficient (Wildman–Crippen LogP) is 6.37. The smallest absolute Gasteiger partial charge is 0.384 e. The minimum absolute atomic E-state index is 0.247. The highest BCUT2D eigenvalue weighted by molar-refractivity contribution is 5.76. The maximum absolute atomic E-state index is 13.8. The van der Waals surface area contributed by atoms with Crippen molar-refractivity contribution in [2.45, 2.75) is 89.1 Å². The summed E-state index contributed by atoms with van der Waals surface area (Å²) >= 11 is 0. The number of esters is 2. The minimum atomic E-state index is -7.70. The Morgan fingerprint density at radius 3 is 1.60 bits per heavy atom. The molecule has 0 aromatic rings. The molecule has 208 valence electrons. The third kappa shape index (κ3) is 6.86. The zero-order valence-electron chi connectivity index (χ0n) is 19.0. The molecular formula is C19H24F12O4. The van der Waals surface area contributed by atoms with Crippen LogP contribution in [0.1, 0.15) is 47.5 Å². The van der Waals surface area contributed by atoms with Crippen molar-refractivity contribution in [3.8, 4) is 0 Å². The third-order valence-electron chi connectivity index (χ3n) is 4.61. The summed E-state index contributed by atoms with van der Waals surface area (Å²) in [5.74, 6) is -41.3. The predicted molar refractivity (Wildman–Crippen MR) is 95.1 cm³/mol. The SMILES string of the molecule is CCC(CC(C)C(=O)OC(C)(C)C)C(=O)OCC(F)(F)C(F)(F)C(F)(F)C(F)(F)C(F)(F)C(F)F. The molecule has 0 saturated carbocycles. The zero-order chi connectivity index (χ0) is 28.4. The fourth-order valence-electron chi connectivity index (χ4n) is 2.50. The van der Waals surface area contributed by atoms with Crippen molar-refractivity contribution in [3.05, 3.63) is 0 Å². The van der Waals surface area contributed by atoms with Gasteiger partial charge in [-0.2, -0.15) is 43.9 Å². The fourth-order valence-corrected chi connectivity index (χ4v) is 2.50. The van der Waals surface area contributed by atoms with E-state index in [1.165, 1.54) is 34.6 Å². The molecule has 0 bridgehead atoms. The Hall–Kier alpha value is -1.90. The number of hydrogen-bond donors (Lipinski definition) is 0. The van der Waals surface area contributed by atoms with Crippen molar-refractivity contribution in [3.63, 3.8) is 0 Å². The average Bonchev–Trinajstić information content (AvgIpc) is 2.67. The Morgan fingerprint density at radius 1 is 0.771 bits per heavy atom. The Kier molecular flexibility index (Phi) is 10.0. The van der Waals surface area contributed by atoms with E-state index in [1.807, 2.05) is 0 Å². The second-order valence-electron chi connectivity index (χ2n) is 8.73. The Morgan fingerprint density at radius 2 is 1.23 bits per heavy atom. The van der Waals surface area contributed by atoms with Gasteiger partial charge in [-0.15, -0.1) is 0 Å². The van der Waals surface area contributed by atoms with Gasteiger partial charge in [-0.25, -0.2) is 8.78 Å². The van der Waals surface area contributed by atoms with Gasteiger partial charge in [0.15, 0.2) is 6.61 Å². The van der Waals surface area contributed by atoms with E-state index in [2.05, 4.69) is 4.74 Å². The van der Waals surface area contributed by atoms with Crippen LogP contribution in [0, 0.1) is 11.8 Å². The summed E-state index contributed by atoms with van der Waals surface area (Å²) in [4.78, 5) is 23.9. The van der Waals surface area contributed by atoms with Gasteiger partial charge in [-0.1, -0.05) is 13.8 Å². The molecule has 0 saturated heterocycles. The van der Waals surface area contributed by atoms with Crippen LogP contribution in [-0.4, -0.2) is 60.2 Å². The summed E-state index contributed by atoms with van der Waals surface area (Å²) in [6.07, 6.45) is -6.30. The zero-order valence-corrected chi connectivity index (χ0v) is 19.0. The molecule has 2 atom stereocenters. The first-order valence-corrected chi connectivity index (χ1v) is 9.86. The van der Waals surface area contributed by atoms with Gasteiger partial charge in [-0.05, 0) is 33.6 Å². The monoisotopic (exact) mass is 544 g/mol. The molecule has 0 aromatic carbocycles. The van der Waals surface area contributed by atoms with Crippen LogP contribution in [0.2, 0.25) is 0 Å². The van der Waals surface area contributed by atoms with Gasteiger partial charge in [0, 0.05) is 0 Å². The number of carbonyl (C=O) groups is 2. The molecule has 0 aliphatic heterocycles. The van der Waals surface area contributed by atoms with Gasteiger partial charge in [0.25, 0.3) is 0 Å². The number of ether oxygens (including phenoxy) is 2. The number of rotatable bonds is 12. The fraction of sp³-hybridized carbons (Fsp3) is 0.895. The number of halogens is 12. The van der Waals surface area contributed by atoms with Crippen LogP contribution < -0.4 is 0 Å². The molecule has 0 radical (unpaired) electrons. The Labute approximate surface area is 192 Å². The first kappa shape index (κ1) is 33.1. The van der Waals surface area contributed by atoms with Gasteiger partial charge in [-0.3, -0.25) is 9.59 Å². The average molecular weight is 544 g/mol. The van der Waals surface area contributed by atoms with Crippen molar-refractivity contribution >= 4 is 11.9 Å². The Balaban J connectivity index is 5.62. The maximum Gasteiger partial charge on any atom is 0.384 e. The Bertz CT molecular complexity index is 747. The molecule has 0 aromatic heterocycles. The molecule has 0 aliphatic carbocycles. The topological polar surface area (TPSA) is 52.6 Å². The van der Waals surface area contributed by atoms with E-state index in [-0.39, 0.29) is 6.42 Å². The highest BCUT2D eigenvalue weighted by Crippen LogP contribution is 2.58. The second kappa shape index (κ2) is 10.6. The molecule has 16 heteroatoms. The maximum atomic E-state index is 13.8. The van der Waals surface area contributed by atoms with E-state index in [9.17, 15) is 62.3 Å². The van der Waals surface area contributed by atoms with Gasteiger partial charge in [0.05, 0.1) is 11.8 Å². The van der Waals surface area contributed by atoms with Crippen molar-refractivity contribution < 1.29 is 71.7 Å². The molecule has 35 heavy (non-hydrogen) atoms. The molecule has 0 aliphatic rings. The molecule has 0 N–H and O–H groups in total. The minimum Gasteiger partial charge on any atom is -0.460 e. The standard InChI is InChI=1S/C19H24F12O4/c1-6-10(7-9(2)11(32)35-14(3,4)5)12(33)34-8-15(22,23)17(26,27)19(30,31)18(28,29)16(24,25)13(20)21/h9-10,13H,6-8H2,1-5H3. The van der Waals surface area contributed by atoms with E-state index < -0.39 is 78.4 Å². The summed E-state index contributed by atoms with van der Waals surface area (Å²) in [5, 5.41) is 0. The number of carbonyl (C=O) groups excluding carboxylic acids is 2. The lowest BCUT2D eigenvalue weighted by atomic mass is 9.93. The van der Waals surface area contributed by atoms with Crippen LogP contribution >= 0.6 is 0 Å². The molecule has 2 unspecified atom stereocenters. The van der Waals surface area contributed by atoms with Crippen molar-refractivity contribution in [2.75, 3.05) is 6.61 Å². The largest absolute Gasteiger partial charge is 0.460 e. The quantitative estimate of drug-likeness (QED) is 0.212. The normalized spacial score (nSPS) is 16.2. The van der Waals surface area contributed by atoms with Crippen LogP contribution in [0.3, 0.4) is 0 Å². The summed E-state index contributed by atoms with van der Waals surface area (Å²) in [6.45, 7) is 4.04. The van der Waals surface area contributed by atoms with E-state index in [0.29, 0.717) is 0 Å². The lowest BCUT2D eigenvalue weighted by Crippen LogP contribution is -2.69. The molecule has 0 fully saturated rings. The molecule has 0 spiro atoms. The summed E-state index contributed by atoms with van der Waals surface area (Å²) in [5.41, 5.74) is -0.949. The number of hydrogen-bond acceptors (Lipinski definition) is 4. The molecule has 4 nitrogen and oxygen atoms in total. The highest BCUT2D eigenvalue weighted by atomic mass is 19.4. The summed E-state index contributed by atoms with van der Waals surface area (Å²) in [7, 11) is 0. The first-order chi connectivity index (χ1) is 15.3. The van der Waals surface area contributed by atoms with Gasteiger partial charge < -0.3 is 9.47 Å². The molecule has 0 amide bonds. The second-order valence-corrected chi connectivity index (χ2v) is 8.73. The number of alkyl halides is 12. The van der Waals surface area contributed by atoms with Gasteiger partial charge in [0.2, 0.25) is 0 Å². The van der Waals surface area contributed by atoms with Crippen molar-refractivity contribution in [2.24, 2.45) is 11.8 Å². The lowest BCUT2D eigenvalue weighted by molar-refractivity contribution is -0.414. The van der Waals surface area contributed by atoms with Crippen LogP contribution in [0.15, 0.2) is 0 Å². The summed E-state index contributed by atoms with van der Waals surface area (Å²) in [6, 6.07) is 0. The first-order valence-electron chi connectivity index (χ1n) is 9.86. The van der Waals surface area contributed by atoms with Gasteiger partial charge in [0.1, 0.15) is 5.60 Å². The van der Waals surface area contributed by atoms with Crippen LogP contribution in [-0.2, 0) is 19.1 Å². The van der Waals surface area contributed by atoms with Crippen LogP contribution in [0.4, 0.5) is 52.7 Å². The van der Waals surface area contributed by atoms with Crippen LogP contribution in [0.25, 0.3) is 0 Å².